The molecule has 1 aliphatic rings. The number of hydrogen-bond acceptors (Lipinski definition) is 3. The predicted molar refractivity (Wildman–Crippen MR) is 76.5 cm³/mol. The van der Waals surface area contributed by atoms with Gasteiger partial charge in [0.1, 0.15) is 6.04 Å². The molecule has 6 heteroatoms. The number of amides is 1. The summed E-state index contributed by atoms with van der Waals surface area (Å²) in [5.41, 5.74) is 0. The lowest BCUT2D eigenvalue weighted by Gasteiger charge is -2.30. The predicted octanol–water partition coefficient (Wildman–Crippen LogP) is 1.51. The van der Waals surface area contributed by atoms with Crippen molar-refractivity contribution in [2.75, 3.05) is 13.6 Å². The average molecular weight is 293 g/mol. The number of nitrogens with one attached hydrogen (secondary N) is 1. The molecule has 1 saturated carbocycles. The molecule has 3 unspecified atom stereocenters. The van der Waals surface area contributed by atoms with Crippen molar-refractivity contribution in [3.05, 3.63) is 0 Å². The quantitative estimate of drug-likeness (QED) is 0.806. The van der Waals surface area contributed by atoms with Crippen LogP contribution in [0.5, 0.6) is 0 Å². The molecular weight excluding hydrogens is 268 g/mol. The van der Waals surface area contributed by atoms with Crippen LogP contribution >= 0.6 is 12.4 Å². The van der Waals surface area contributed by atoms with E-state index in [4.69, 9.17) is 5.11 Å². The number of carbonyl (C=O) groups excluding carboxylic acids is 1. The smallest absolute Gasteiger partial charge is 0.320 e. The first kappa shape index (κ1) is 18.2. The second kappa shape index (κ2) is 8.38. The Morgan fingerprint density at radius 2 is 1.95 bits per heavy atom. The van der Waals surface area contributed by atoms with E-state index < -0.39 is 12.0 Å². The van der Waals surface area contributed by atoms with Crippen molar-refractivity contribution in [2.45, 2.75) is 51.6 Å². The van der Waals surface area contributed by atoms with Crippen molar-refractivity contribution >= 4 is 24.3 Å². The van der Waals surface area contributed by atoms with E-state index in [9.17, 15) is 9.59 Å². The van der Waals surface area contributed by atoms with Crippen molar-refractivity contribution in [3.63, 3.8) is 0 Å². The summed E-state index contributed by atoms with van der Waals surface area (Å²) < 4.78 is 0. The SMILES string of the molecule is CC1CCCCC1NC(=O)CN(C)C(C)C(=O)O.Cl. The summed E-state index contributed by atoms with van der Waals surface area (Å²) in [6, 6.07) is -0.390. The van der Waals surface area contributed by atoms with Gasteiger partial charge in [-0.2, -0.15) is 0 Å². The molecule has 1 fully saturated rings. The van der Waals surface area contributed by atoms with Crippen molar-refractivity contribution in [1.29, 1.82) is 0 Å². The van der Waals surface area contributed by atoms with E-state index in [2.05, 4.69) is 12.2 Å². The Bertz CT molecular complexity index is 312. The van der Waals surface area contributed by atoms with Gasteiger partial charge >= 0.3 is 5.97 Å². The lowest BCUT2D eigenvalue weighted by molar-refractivity contribution is -0.142. The van der Waals surface area contributed by atoms with Gasteiger partial charge in [0, 0.05) is 6.04 Å². The largest absolute Gasteiger partial charge is 0.480 e. The number of hydrogen-bond donors (Lipinski definition) is 2. The van der Waals surface area contributed by atoms with Gasteiger partial charge in [-0.3, -0.25) is 14.5 Å². The van der Waals surface area contributed by atoms with Gasteiger partial charge in [0.2, 0.25) is 5.91 Å². The fraction of sp³-hybridized carbons (Fsp3) is 0.846. The maximum absolute atomic E-state index is 11.8. The molecule has 1 aliphatic carbocycles. The van der Waals surface area contributed by atoms with Crippen LogP contribution in [0.1, 0.15) is 39.5 Å². The molecular formula is C13H25ClN2O3. The summed E-state index contributed by atoms with van der Waals surface area (Å²) in [6.07, 6.45) is 4.59. The Morgan fingerprint density at radius 1 is 1.37 bits per heavy atom. The first-order valence-corrected chi connectivity index (χ1v) is 6.64. The summed E-state index contributed by atoms with van der Waals surface area (Å²) in [5.74, 6) is -0.467. The number of carboxylic acid groups (broad SMARTS) is 1. The molecule has 0 spiro atoms. The Morgan fingerprint density at radius 3 is 2.47 bits per heavy atom. The third-order valence-electron chi connectivity index (χ3n) is 3.87. The molecule has 0 saturated heterocycles. The normalized spacial score (nSPS) is 24.4. The van der Waals surface area contributed by atoms with E-state index in [1.54, 1.807) is 18.9 Å². The molecule has 112 valence electrons. The molecule has 0 radical (unpaired) electrons. The Kier molecular flexibility index (Phi) is 8.02. The minimum absolute atomic E-state index is 0. The summed E-state index contributed by atoms with van der Waals surface area (Å²) in [4.78, 5) is 24.2. The molecule has 2 N–H and O–H groups in total. The lowest BCUT2D eigenvalue weighted by Crippen LogP contribution is -2.47. The van der Waals surface area contributed by atoms with Crippen molar-refractivity contribution in [1.82, 2.24) is 10.2 Å². The summed E-state index contributed by atoms with van der Waals surface area (Å²) in [6.45, 7) is 3.88. The summed E-state index contributed by atoms with van der Waals surface area (Å²) >= 11 is 0. The molecule has 0 heterocycles. The number of carboxylic acids is 1. The highest BCUT2D eigenvalue weighted by Crippen LogP contribution is 2.23. The third-order valence-corrected chi connectivity index (χ3v) is 3.87. The zero-order valence-corrected chi connectivity index (χ0v) is 12.7. The van der Waals surface area contributed by atoms with E-state index in [1.807, 2.05) is 0 Å². The summed E-state index contributed by atoms with van der Waals surface area (Å²) in [7, 11) is 1.66. The summed E-state index contributed by atoms with van der Waals surface area (Å²) in [5, 5.41) is 11.9. The van der Waals surface area contributed by atoms with Crippen LogP contribution in [0.2, 0.25) is 0 Å². The van der Waals surface area contributed by atoms with E-state index >= 15 is 0 Å². The van der Waals surface area contributed by atoms with Crippen LogP contribution < -0.4 is 5.32 Å². The number of nitrogens with zero attached hydrogens (tertiary/aromatic N) is 1. The highest BCUT2D eigenvalue weighted by molar-refractivity contribution is 5.85. The van der Waals surface area contributed by atoms with Gasteiger partial charge in [0.15, 0.2) is 0 Å². The molecule has 5 nitrogen and oxygen atoms in total. The van der Waals surface area contributed by atoms with Crippen LogP contribution in [0, 0.1) is 5.92 Å². The van der Waals surface area contributed by atoms with E-state index in [0.29, 0.717) is 5.92 Å². The fourth-order valence-electron chi connectivity index (χ4n) is 2.34. The Balaban J connectivity index is 0.00000324. The highest BCUT2D eigenvalue weighted by atomic mass is 35.5. The number of carbonyl (C=O) groups is 2. The first-order valence-electron chi connectivity index (χ1n) is 6.64. The van der Waals surface area contributed by atoms with Crippen LogP contribution in [0.4, 0.5) is 0 Å². The molecule has 0 aromatic heterocycles. The van der Waals surface area contributed by atoms with Gasteiger partial charge in [-0.1, -0.05) is 19.8 Å². The van der Waals surface area contributed by atoms with Gasteiger partial charge in [-0.05, 0) is 32.7 Å². The zero-order valence-electron chi connectivity index (χ0n) is 11.9. The van der Waals surface area contributed by atoms with Gasteiger partial charge in [-0.25, -0.2) is 0 Å². The number of halogens is 1. The number of likely N-dealkylation sites (N-methyl/N-ethyl adjacent to an activating group) is 1. The first-order chi connectivity index (χ1) is 8.41. The molecule has 0 aromatic rings. The Hall–Kier alpha value is -0.810. The maximum Gasteiger partial charge on any atom is 0.320 e. The van der Waals surface area contributed by atoms with Crippen LogP contribution in [0.25, 0.3) is 0 Å². The van der Waals surface area contributed by atoms with Gasteiger partial charge < -0.3 is 10.4 Å². The van der Waals surface area contributed by atoms with Crippen molar-refractivity contribution in [2.24, 2.45) is 5.92 Å². The number of aliphatic carboxylic acids is 1. The second-order valence-electron chi connectivity index (χ2n) is 5.37. The fourth-order valence-corrected chi connectivity index (χ4v) is 2.34. The molecule has 0 bridgehead atoms. The van der Waals surface area contributed by atoms with E-state index in [-0.39, 0.29) is 30.9 Å². The maximum atomic E-state index is 11.8. The minimum atomic E-state index is -0.906. The molecule has 19 heavy (non-hydrogen) atoms. The van der Waals surface area contributed by atoms with E-state index in [0.717, 1.165) is 19.3 Å². The van der Waals surface area contributed by atoms with Crippen LogP contribution in [-0.4, -0.2) is 47.6 Å². The molecule has 1 amide bonds. The standard InChI is InChI=1S/C13H24N2O3.ClH/c1-9-6-4-5-7-11(9)14-12(16)8-15(3)10(2)13(17)18;/h9-11H,4-8H2,1-3H3,(H,14,16)(H,17,18);1H. The van der Waals surface area contributed by atoms with Crippen LogP contribution in [0.15, 0.2) is 0 Å². The lowest BCUT2D eigenvalue weighted by atomic mass is 9.86. The van der Waals surface area contributed by atoms with Gasteiger partial charge in [0.25, 0.3) is 0 Å². The topological polar surface area (TPSA) is 69.6 Å². The molecule has 1 rings (SSSR count). The molecule has 3 atom stereocenters. The van der Waals surface area contributed by atoms with Crippen LogP contribution in [-0.2, 0) is 9.59 Å². The molecule has 0 aromatic carbocycles. The van der Waals surface area contributed by atoms with Crippen molar-refractivity contribution in [3.8, 4) is 0 Å². The third kappa shape index (κ3) is 5.78. The zero-order chi connectivity index (χ0) is 13.7. The minimum Gasteiger partial charge on any atom is -0.480 e. The van der Waals surface area contributed by atoms with E-state index in [1.165, 1.54) is 6.42 Å². The van der Waals surface area contributed by atoms with Crippen molar-refractivity contribution < 1.29 is 14.7 Å². The second-order valence-corrected chi connectivity index (χ2v) is 5.37. The van der Waals surface area contributed by atoms with Gasteiger partial charge in [-0.15, -0.1) is 12.4 Å². The Labute approximate surface area is 121 Å². The highest BCUT2D eigenvalue weighted by Gasteiger charge is 2.24. The average Bonchev–Trinajstić information content (AvgIpc) is 2.30. The van der Waals surface area contributed by atoms with Gasteiger partial charge in [0.05, 0.1) is 6.54 Å². The van der Waals surface area contributed by atoms with Crippen LogP contribution in [0.3, 0.4) is 0 Å². The number of rotatable bonds is 5. The molecule has 0 aliphatic heterocycles. The monoisotopic (exact) mass is 292 g/mol.